The van der Waals surface area contributed by atoms with Crippen LogP contribution in [0.2, 0.25) is 0 Å². The topological polar surface area (TPSA) is 35.2 Å². The van der Waals surface area contributed by atoms with Gasteiger partial charge in [-0.1, -0.05) is 32.9 Å². The molecule has 1 saturated carbocycles. The molecule has 1 aliphatic rings. The van der Waals surface area contributed by atoms with Crippen LogP contribution in [0.1, 0.15) is 52.5 Å². The molecule has 0 aromatic heterocycles. The molecule has 1 fully saturated rings. The van der Waals surface area contributed by atoms with Crippen molar-refractivity contribution in [2.45, 2.75) is 52.5 Å². The standard InChI is InChI=1S/C17H27NO/c1-5-19-15-8-6-14(7-9-15)17(18)11-13(2)10-16(3,4)12-17/h6-9,13H,5,10-12,18H2,1-4H3. The summed E-state index contributed by atoms with van der Waals surface area (Å²) < 4.78 is 5.50. The summed E-state index contributed by atoms with van der Waals surface area (Å²) in [5.74, 6) is 1.61. The molecule has 2 nitrogen and oxygen atoms in total. The molecule has 0 heterocycles. The molecule has 2 heteroatoms. The van der Waals surface area contributed by atoms with Crippen molar-refractivity contribution in [1.82, 2.24) is 0 Å². The van der Waals surface area contributed by atoms with Crippen LogP contribution in [0.25, 0.3) is 0 Å². The first-order valence-electron chi connectivity index (χ1n) is 7.37. The average molecular weight is 261 g/mol. The van der Waals surface area contributed by atoms with Crippen molar-refractivity contribution < 1.29 is 4.74 Å². The molecule has 106 valence electrons. The van der Waals surface area contributed by atoms with Gasteiger partial charge in [0.2, 0.25) is 0 Å². The van der Waals surface area contributed by atoms with Gasteiger partial charge >= 0.3 is 0 Å². The Balaban J connectivity index is 2.23. The molecule has 0 saturated heterocycles. The molecule has 1 aromatic rings. The summed E-state index contributed by atoms with van der Waals surface area (Å²) in [6.07, 6.45) is 3.39. The Hall–Kier alpha value is -1.02. The van der Waals surface area contributed by atoms with Crippen molar-refractivity contribution in [2.24, 2.45) is 17.1 Å². The fourth-order valence-corrected chi connectivity index (χ4v) is 3.91. The largest absolute Gasteiger partial charge is 0.494 e. The second kappa shape index (κ2) is 5.16. The Labute approximate surface area is 117 Å². The first kappa shape index (κ1) is 14.4. The Morgan fingerprint density at radius 2 is 1.84 bits per heavy atom. The molecule has 2 atom stereocenters. The summed E-state index contributed by atoms with van der Waals surface area (Å²) in [5.41, 5.74) is 8.11. The molecule has 0 aliphatic heterocycles. The molecular weight excluding hydrogens is 234 g/mol. The third-order valence-corrected chi connectivity index (χ3v) is 4.15. The molecule has 0 spiro atoms. The average Bonchev–Trinajstić information content (AvgIpc) is 2.26. The van der Waals surface area contributed by atoms with Crippen LogP contribution in [0, 0.1) is 11.3 Å². The quantitative estimate of drug-likeness (QED) is 0.889. The van der Waals surface area contributed by atoms with E-state index in [1.54, 1.807) is 0 Å². The van der Waals surface area contributed by atoms with Crippen molar-refractivity contribution >= 4 is 0 Å². The number of hydrogen-bond acceptors (Lipinski definition) is 2. The minimum atomic E-state index is -0.189. The van der Waals surface area contributed by atoms with Crippen molar-refractivity contribution in [3.63, 3.8) is 0 Å². The van der Waals surface area contributed by atoms with E-state index in [2.05, 4.69) is 32.9 Å². The zero-order valence-electron chi connectivity index (χ0n) is 12.7. The van der Waals surface area contributed by atoms with Gasteiger partial charge in [-0.05, 0) is 55.2 Å². The van der Waals surface area contributed by atoms with Crippen molar-refractivity contribution in [1.29, 1.82) is 0 Å². The van der Waals surface area contributed by atoms with Crippen LogP contribution in [0.15, 0.2) is 24.3 Å². The molecule has 1 aliphatic carbocycles. The van der Waals surface area contributed by atoms with Gasteiger partial charge < -0.3 is 10.5 Å². The Kier molecular flexibility index (Phi) is 3.91. The van der Waals surface area contributed by atoms with Crippen LogP contribution in [0.5, 0.6) is 5.75 Å². The Morgan fingerprint density at radius 3 is 2.37 bits per heavy atom. The molecule has 2 N–H and O–H groups in total. The SMILES string of the molecule is CCOc1ccc(C2(N)CC(C)CC(C)(C)C2)cc1. The van der Waals surface area contributed by atoms with Gasteiger partial charge in [-0.3, -0.25) is 0 Å². The molecular formula is C17H27NO. The highest BCUT2D eigenvalue weighted by Crippen LogP contribution is 2.47. The van der Waals surface area contributed by atoms with E-state index in [-0.39, 0.29) is 5.54 Å². The predicted molar refractivity (Wildman–Crippen MR) is 80.3 cm³/mol. The maximum atomic E-state index is 6.73. The normalized spacial score (nSPS) is 30.1. The fraction of sp³-hybridized carbons (Fsp3) is 0.647. The van der Waals surface area contributed by atoms with Crippen LogP contribution in [-0.4, -0.2) is 6.61 Å². The summed E-state index contributed by atoms with van der Waals surface area (Å²) >= 11 is 0. The molecule has 2 rings (SSSR count). The highest BCUT2D eigenvalue weighted by molar-refractivity contribution is 5.32. The number of ether oxygens (including phenoxy) is 1. The second-order valence-electron chi connectivity index (χ2n) is 6.97. The summed E-state index contributed by atoms with van der Waals surface area (Å²) in [5, 5.41) is 0. The summed E-state index contributed by atoms with van der Waals surface area (Å²) in [7, 11) is 0. The minimum absolute atomic E-state index is 0.189. The molecule has 0 radical (unpaired) electrons. The lowest BCUT2D eigenvalue weighted by molar-refractivity contribution is 0.107. The van der Waals surface area contributed by atoms with Crippen LogP contribution in [0.4, 0.5) is 0 Å². The first-order valence-corrected chi connectivity index (χ1v) is 7.37. The lowest BCUT2D eigenvalue weighted by Gasteiger charge is -2.46. The van der Waals surface area contributed by atoms with Crippen molar-refractivity contribution in [2.75, 3.05) is 6.61 Å². The van der Waals surface area contributed by atoms with E-state index in [1.165, 1.54) is 12.0 Å². The molecule has 0 bridgehead atoms. The molecule has 0 amide bonds. The van der Waals surface area contributed by atoms with E-state index in [4.69, 9.17) is 10.5 Å². The Bertz CT molecular complexity index is 423. The smallest absolute Gasteiger partial charge is 0.119 e. The maximum Gasteiger partial charge on any atom is 0.119 e. The van der Waals surface area contributed by atoms with Gasteiger partial charge in [-0.25, -0.2) is 0 Å². The summed E-state index contributed by atoms with van der Waals surface area (Å²) in [6, 6.07) is 8.36. The van der Waals surface area contributed by atoms with Crippen LogP contribution in [0.3, 0.4) is 0 Å². The van der Waals surface area contributed by atoms with E-state index in [9.17, 15) is 0 Å². The van der Waals surface area contributed by atoms with Gasteiger partial charge in [0.05, 0.1) is 6.61 Å². The van der Waals surface area contributed by atoms with E-state index in [1.807, 2.05) is 19.1 Å². The monoisotopic (exact) mass is 261 g/mol. The summed E-state index contributed by atoms with van der Waals surface area (Å²) in [6.45, 7) is 9.69. The highest BCUT2D eigenvalue weighted by atomic mass is 16.5. The van der Waals surface area contributed by atoms with Gasteiger partial charge in [-0.2, -0.15) is 0 Å². The lowest BCUT2D eigenvalue weighted by atomic mass is 9.62. The number of rotatable bonds is 3. The third kappa shape index (κ3) is 3.30. The van der Waals surface area contributed by atoms with E-state index in [0.717, 1.165) is 18.6 Å². The van der Waals surface area contributed by atoms with Crippen LogP contribution >= 0.6 is 0 Å². The second-order valence-corrected chi connectivity index (χ2v) is 6.97. The van der Waals surface area contributed by atoms with E-state index in [0.29, 0.717) is 17.9 Å². The van der Waals surface area contributed by atoms with Crippen molar-refractivity contribution in [3.8, 4) is 5.75 Å². The molecule has 2 unspecified atom stereocenters. The minimum Gasteiger partial charge on any atom is -0.494 e. The zero-order chi connectivity index (χ0) is 14.1. The number of benzene rings is 1. The van der Waals surface area contributed by atoms with Crippen molar-refractivity contribution in [3.05, 3.63) is 29.8 Å². The molecule has 1 aromatic carbocycles. The Morgan fingerprint density at radius 1 is 1.21 bits per heavy atom. The lowest BCUT2D eigenvalue weighted by Crippen LogP contribution is -2.46. The van der Waals surface area contributed by atoms with Crippen LogP contribution < -0.4 is 10.5 Å². The van der Waals surface area contributed by atoms with Gasteiger partial charge in [-0.15, -0.1) is 0 Å². The van der Waals surface area contributed by atoms with Crippen LogP contribution in [-0.2, 0) is 5.54 Å². The number of nitrogens with two attached hydrogens (primary N) is 1. The van der Waals surface area contributed by atoms with Gasteiger partial charge in [0.15, 0.2) is 0 Å². The first-order chi connectivity index (χ1) is 8.85. The maximum absolute atomic E-state index is 6.73. The van der Waals surface area contributed by atoms with Gasteiger partial charge in [0.1, 0.15) is 5.75 Å². The van der Waals surface area contributed by atoms with Gasteiger partial charge in [0.25, 0.3) is 0 Å². The summed E-state index contributed by atoms with van der Waals surface area (Å²) in [4.78, 5) is 0. The number of hydrogen-bond donors (Lipinski definition) is 1. The highest BCUT2D eigenvalue weighted by Gasteiger charge is 2.41. The van der Waals surface area contributed by atoms with Gasteiger partial charge in [0, 0.05) is 5.54 Å². The van der Waals surface area contributed by atoms with E-state index < -0.39 is 0 Å². The predicted octanol–water partition coefficient (Wildman–Crippen LogP) is 4.09. The van der Waals surface area contributed by atoms with E-state index >= 15 is 0 Å². The third-order valence-electron chi connectivity index (χ3n) is 4.15. The zero-order valence-corrected chi connectivity index (χ0v) is 12.7. The molecule has 19 heavy (non-hydrogen) atoms. The fourth-order valence-electron chi connectivity index (χ4n) is 3.91.